The second-order valence-corrected chi connectivity index (χ2v) is 4.05. The molecule has 0 saturated carbocycles. The predicted molar refractivity (Wildman–Crippen MR) is 62.8 cm³/mol. The lowest BCUT2D eigenvalue weighted by molar-refractivity contribution is -0.130. The van der Waals surface area contributed by atoms with Crippen molar-refractivity contribution in [3.05, 3.63) is 35.9 Å². The summed E-state index contributed by atoms with van der Waals surface area (Å²) in [6, 6.07) is 9.20. The van der Waals surface area contributed by atoms with Gasteiger partial charge in [0.15, 0.2) is 0 Å². The first-order valence-electron chi connectivity index (χ1n) is 5.68. The zero-order chi connectivity index (χ0) is 13.0. The molecule has 0 unspecified atom stereocenters. The lowest BCUT2D eigenvalue weighted by Crippen LogP contribution is -2.40. The number of amides is 2. The molecular weight excluding hydrogens is 234 g/mol. The van der Waals surface area contributed by atoms with Gasteiger partial charge in [0, 0.05) is 0 Å². The first kappa shape index (κ1) is 12.3. The largest absolute Gasteiger partial charge is 0.447 e. The summed E-state index contributed by atoms with van der Waals surface area (Å²) in [5, 5.41) is 0. The average Bonchev–Trinajstić information content (AvgIpc) is 2.72. The Hall–Kier alpha value is -2.17. The Bertz CT molecular complexity index is 457. The zero-order valence-corrected chi connectivity index (χ0v) is 9.74. The molecule has 0 spiro atoms. The molecular formula is C13H13NO4. The number of imide groups is 1. The van der Waals surface area contributed by atoms with Gasteiger partial charge in [0.1, 0.15) is 12.9 Å². The summed E-state index contributed by atoms with van der Waals surface area (Å²) < 4.78 is 4.87. The number of rotatable bonds is 4. The van der Waals surface area contributed by atoms with E-state index < -0.39 is 12.0 Å². The maximum absolute atomic E-state index is 11.7. The third-order valence-electron chi connectivity index (χ3n) is 2.80. The molecule has 18 heavy (non-hydrogen) atoms. The number of aldehydes is 1. The minimum absolute atomic E-state index is 0.179. The van der Waals surface area contributed by atoms with Crippen molar-refractivity contribution < 1.29 is 19.1 Å². The Labute approximate surface area is 104 Å². The van der Waals surface area contributed by atoms with Crippen LogP contribution in [-0.2, 0) is 20.7 Å². The summed E-state index contributed by atoms with van der Waals surface area (Å²) in [6.45, 7) is 0.179. The van der Waals surface area contributed by atoms with Crippen molar-refractivity contribution in [1.29, 1.82) is 0 Å². The smallest absolute Gasteiger partial charge is 0.416 e. The van der Waals surface area contributed by atoms with E-state index in [1.165, 1.54) is 0 Å². The monoisotopic (exact) mass is 247 g/mol. The third kappa shape index (κ3) is 2.56. The summed E-state index contributed by atoms with van der Waals surface area (Å²) in [5.74, 6) is -0.506. The molecule has 2 rings (SSSR count). The Balaban J connectivity index is 2.09. The molecule has 0 radical (unpaired) electrons. The highest BCUT2D eigenvalue weighted by Gasteiger charge is 2.37. The second kappa shape index (κ2) is 5.44. The molecule has 5 heteroatoms. The van der Waals surface area contributed by atoms with Gasteiger partial charge in [-0.3, -0.25) is 4.79 Å². The van der Waals surface area contributed by atoms with Gasteiger partial charge in [0.05, 0.1) is 12.5 Å². The van der Waals surface area contributed by atoms with Gasteiger partial charge in [-0.15, -0.1) is 0 Å². The SMILES string of the molecule is O=CCC(=O)N1C(=O)OC[C@@H]1Cc1ccccc1. The molecule has 0 bridgehead atoms. The van der Waals surface area contributed by atoms with E-state index in [0.29, 0.717) is 12.7 Å². The molecule has 0 aromatic heterocycles. The normalized spacial score (nSPS) is 18.6. The molecule has 5 nitrogen and oxygen atoms in total. The van der Waals surface area contributed by atoms with E-state index in [2.05, 4.69) is 0 Å². The first-order valence-corrected chi connectivity index (χ1v) is 5.68. The maximum atomic E-state index is 11.7. The van der Waals surface area contributed by atoms with Crippen molar-refractivity contribution in [3.8, 4) is 0 Å². The molecule has 1 heterocycles. The van der Waals surface area contributed by atoms with E-state index in [4.69, 9.17) is 4.74 Å². The van der Waals surface area contributed by atoms with Crippen LogP contribution in [0.4, 0.5) is 4.79 Å². The topological polar surface area (TPSA) is 63.7 Å². The van der Waals surface area contributed by atoms with Crippen LogP contribution in [0.5, 0.6) is 0 Å². The lowest BCUT2D eigenvalue weighted by atomic mass is 10.1. The summed E-state index contributed by atoms with van der Waals surface area (Å²) in [5.41, 5.74) is 1.02. The quantitative estimate of drug-likeness (QED) is 0.591. The van der Waals surface area contributed by atoms with Crippen molar-refractivity contribution in [2.75, 3.05) is 6.61 Å². The first-order chi connectivity index (χ1) is 8.72. The van der Waals surface area contributed by atoms with Gasteiger partial charge in [0.2, 0.25) is 5.91 Å². The minimum atomic E-state index is -0.664. The van der Waals surface area contributed by atoms with E-state index in [1.54, 1.807) is 0 Å². The number of nitrogens with zero attached hydrogens (tertiary/aromatic N) is 1. The highest BCUT2D eigenvalue weighted by molar-refractivity contribution is 5.98. The highest BCUT2D eigenvalue weighted by atomic mass is 16.6. The van der Waals surface area contributed by atoms with Crippen LogP contribution in [0.25, 0.3) is 0 Å². The molecule has 94 valence electrons. The van der Waals surface area contributed by atoms with Crippen molar-refractivity contribution in [3.63, 3.8) is 0 Å². The molecule has 1 aromatic rings. The number of ether oxygens (including phenoxy) is 1. The van der Waals surface area contributed by atoms with E-state index in [0.717, 1.165) is 10.5 Å². The summed E-state index contributed by atoms with van der Waals surface area (Å²) >= 11 is 0. The van der Waals surface area contributed by atoms with Crippen LogP contribution in [0.2, 0.25) is 0 Å². The third-order valence-corrected chi connectivity index (χ3v) is 2.80. The molecule has 0 N–H and O–H groups in total. The molecule has 1 atom stereocenters. The summed E-state index contributed by atoms with van der Waals surface area (Å²) in [6.07, 6.45) is 0.0771. The number of benzene rings is 1. The van der Waals surface area contributed by atoms with Crippen molar-refractivity contribution in [2.24, 2.45) is 0 Å². The Kier molecular flexibility index (Phi) is 3.72. The van der Waals surface area contributed by atoms with Gasteiger partial charge in [0.25, 0.3) is 0 Å². The molecule has 1 fully saturated rings. The molecule has 1 saturated heterocycles. The Morgan fingerprint density at radius 1 is 1.39 bits per heavy atom. The van der Waals surface area contributed by atoms with Crippen molar-refractivity contribution in [1.82, 2.24) is 4.90 Å². The maximum Gasteiger partial charge on any atom is 0.416 e. The van der Waals surface area contributed by atoms with Crippen LogP contribution in [0, 0.1) is 0 Å². The van der Waals surface area contributed by atoms with Gasteiger partial charge in [-0.05, 0) is 12.0 Å². The van der Waals surface area contributed by atoms with E-state index in [-0.39, 0.29) is 19.1 Å². The van der Waals surface area contributed by atoms with Gasteiger partial charge in [-0.2, -0.15) is 0 Å². The lowest BCUT2D eigenvalue weighted by Gasteiger charge is -2.18. The van der Waals surface area contributed by atoms with Crippen molar-refractivity contribution >= 4 is 18.3 Å². The number of carbonyl (C=O) groups excluding carboxylic acids is 3. The van der Waals surface area contributed by atoms with Crippen LogP contribution in [0.15, 0.2) is 30.3 Å². The fourth-order valence-corrected chi connectivity index (χ4v) is 1.97. The standard InChI is InChI=1S/C13H13NO4/c15-7-6-12(16)14-11(9-18-13(14)17)8-10-4-2-1-3-5-10/h1-5,7,11H,6,8-9H2/t11-/m0/s1. The average molecular weight is 247 g/mol. The van der Waals surface area contributed by atoms with Gasteiger partial charge >= 0.3 is 6.09 Å². The second-order valence-electron chi connectivity index (χ2n) is 4.05. The van der Waals surface area contributed by atoms with Crippen LogP contribution in [0.1, 0.15) is 12.0 Å². The summed E-state index contributed by atoms with van der Waals surface area (Å²) in [4.78, 5) is 34.5. The van der Waals surface area contributed by atoms with E-state index in [9.17, 15) is 14.4 Å². The number of hydrogen-bond donors (Lipinski definition) is 0. The van der Waals surface area contributed by atoms with Gasteiger partial charge in [-0.1, -0.05) is 30.3 Å². The Morgan fingerprint density at radius 2 is 2.11 bits per heavy atom. The van der Waals surface area contributed by atoms with Crippen LogP contribution in [0.3, 0.4) is 0 Å². The molecule has 1 aromatic carbocycles. The van der Waals surface area contributed by atoms with Crippen LogP contribution < -0.4 is 0 Å². The summed E-state index contributed by atoms with van der Waals surface area (Å²) in [7, 11) is 0. The van der Waals surface area contributed by atoms with Crippen molar-refractivity contribution in [2.45, 2.75) is 18.9 Å². The van der Waals surface area contributed by atoms with Crippen LogP contribution in [-0.4, -0.2) is 35.8 Å². The van der Waals surface area contributed by atoms with Gasteiger partial charge < -0.3 is 9.53 Å². The molecule has 1 aliphatic rings. The van der Waals surface area contributed by atoms with Crippen LogP contribution >= 0.6 is 0 Å². The van der Waals surface area contributed by atoms with E-state index in [1.807, 2.05) is 30.3 Å². The number of carbonyl (C=O) groups is 3. The molecule has 2 amide bonds. The molecule has 1 aliphatic heterocycles. The highest BCUT2D eigenvalue weighted by Crippen LogP contribution is 2.17. The van der Waals surface area contributed by atoms with E-state index >= 15 is 0 Å². The Morgan fingerprint density at radius 3 is 2.78 bits per heavy atom. The van der Waals surface area contributed by atoms with Gasteiger partial charge in [-0.25, -0.2) is 9.69 Å². The fourth-order valence-electron chi connectivity index (χ4n) is 1.97. The number of cyclic esters (lactones) is 1. The zero-order valence-electron chi connectivity index (χ0n) is 9.74. The minimum Gasteiger partial charge on any atom is -0.447 e. The number of hydrogen-bond acceptors (Lipinski definition) is 4. The predicted octanol–water partition coefficient (Wildman–Crippen LogP) is 1.17. The fraction of sp³-hybridized carbons (Fsp3) is 0.308. The molecule has 0 aliphatic carbocycles.